The molecule has 2 fully saturated rings. The van der Waals surface area contributed by atoms with Crippen LogP contribution in [0, 0.1) is 11.3 Å². The van der Waals surface area contributed by atoms with E-state index in [1.165, 1.54) is 0 Å². The van der Waals surface area contributed by atoms with Crippen LogP contribution in [0.4, 0.5) is 0 Å². The van der Waals surface area contributed by atoms with Crippen LogP contribution in [-0.4, -0.2) is 49.3 Å². The number of carbonyl (C=O) groups is 2. The number of rotatable bonds is 4. The molecule has 0 bridgehead atoms. The SMILES string of the molecule is CC1(C(=O)O)COCC1NC(=O)CC1CCCNC1. The molecule has 2 heterocycles. The Morgan fingerprint density at radius 1 is 1.53 bits per heavy atom. The average Bonchev–Trinajstić information content (AvgIpc) is 2.73. The van der Waals surface area contributed by atoms with Crippen LogP contribution in [0.2, 0.25) is 0 Å². The minimum atomic E-state index is -1.01. The number of carbonyl (C=O) groups excluding carboxylic acids is 1. The van der Waals surface area contributed by atoms with E-state index in [1.807, 2.05) is 0 Å². The van der Waals surface area contributed by atoms with Crippen LogP contribution in [0.25, 0.3) is 0 Å². The Bertz CT molecular complexity index is 355. The molecular weight excluding hydrogens is 248 g/mol. The summed E-state index contributed by atoms with van der Waals surface area (Å²) in [4.78, 5) is 23.3. The second-order valence-electron chi connectivity index (χ2n) is 5.77. The Morgan fingerprint density at radius 3 is 2.95 bits per heavy atom. The van der Waals surface area contributed by atoms with Crippen LogP contribution in [0.3, 0.4) is 0 Å². The van der Waals surface area contributed by atoms with Gasteiger partial charge < -0.3 is 20.5 Å². The van der Waals surface area contributed by atoms with Crippen LogP contribution < -0.4 is 10.6 Å². The molecule has 2 saturated heterocycles. The van der Waals surface area contributed by atoms with Gasteiger partial charge in [-0.15, -0.1) is 0 Å². The van der Waals surface area contributed by atoms with Crippen molar-refractivity contribution in [2.24, 2.45) is 11.3 Å². The first-order valence-electron chi connectivity index (χ1n) is 6.83. The summed E-state index contributed by atoms with van der Waals surface area (Å²) in [6.07, 6.45) is 2.61. The number of hydrogen-bond donors (Lipinski definition) is 3. The Labute approximate surface area is 112 Å². The molecule has 6 heteroatoms. The van der Waals surface area contributed by atoms with Crippen molar-refractivity contribution < 1.29 is 19.4 Å². The smallest absolute Gasteiger partial charge is 0.313 e. The summed E-state index contributed by atoms with van der Waals surface area (Å²) >= 11 is 0. The molecule has 2 rings (SSSR count). The molecule has 0 saturated carbocycles. The van der Waals surface area contributed by atoms with E-state index in [-0.39, 0.29) is 19.1 Å². The Balaban J connectivity index is 1.86. The Kier molecular flexibility index (Phi) is 4.42. The van der Waals surface area contributed by atoms with E-state index in [1.54, 1.807) is 6.92 Å². The monoisotopic (exact) mass is 270 g/mol. The van der Waals surface area contributed by atoms with E-state index in [4.69, 9.17) is 4.74 Å². The zero-order chi connectivity index (χ0) is 13.9. The highest BCUT2D eigenvalue weighted by atomic mass is 16.5. The number of carboxylic acid groups (broad SMARTS) is 1. The summed E-state index contributed by atoms with van der Waals surface area (Å²) < 4.78 is 5.22. The zero-order valence-electron chi connectivity index (χ0n) is 11.3. The standard InChI is InChI=1S/C13H22N2O4/c1-13(12(17)18)8-19-7-10(13)15-11(16)5-9-3-2-4-14-6-9/h9-10,14H,2-8H2,1H3,(H,15,16)(H,17,18). The first kappa shape index (κ1) is 14.3. The summed E-state index contributed by atoms with van der Waals surface area (Å²) in [6, 6.07) is -0.436. The minimum Gasteiger partial charge on any atom is -0.481 e. The van der Waals surface area contributed by atoms with Gasteiger partial charge in [0, 0.05) is 6.42 Å². The van der Waals surface area contributed by atoms with Gasteiger partial charge in [0.05, 0.1) is 19.3 Å². The number of piperidine rings is 1. The molecule has 0 aliphatic carbocycles. The maximum absolute atomic E-state index is 12.0. The lowest BCUT2D eigenvalue weighted by Crippen LogP contribution is -2.50. The molecule has 0 aromatic heterocycles. The van der Waals surface area contributed by atoms with E-state index < -0.39 is 17.4 Å². The topological polar surface area (TPSA) is 87.7 Å². The molecule has 2 aliphatic heterocycles. The van der Waals surface area contributed by atoms with E-state index in [2.05, 4.69) is 10.6 Å². The minimum absolute atomic E-state index is 0.0725. The third kappa shape index (κ3) is 3.25. The third-order valence-corrected chi connectivity index (χ3v) is 4.15. The van der Waals surface area contributed by atoms with Gasteiger partial charge in [-0.05, 0) is 38.8 Å². The van der Waals surface area contributed by atoms with Crippen molar-refractivity contribution in [3.8, 4) is 0 Å². The molecule has 19 heavy (non-hydrogen) atoms. The molecule has 0 spiro atoms. The summed E-state index contributed by atoms with van der Waals surface area (Å²) in [6.45, 7) is 3.93. The lowest BCUT2D eigenvalue weighted by atomic mass is 9.85. The van der Waals surface area contributed by atoms with Gasteiger partial charge in [0.1, 0.15) is 5.41 Å². The van der Waals surface area contributed by atoms with Gasteiger partial charge in [-0.3, -0.25) is 9.59 Å². The summed E-state index contributed by atoms with van der Waals surface area (Å²) in [5, 5.41) is 15.3. The fourth-order valence-corrected chi connectivity index (χ4v) is 2.70. The third-order valence-electron chi connectivity index (χ3n) is 4.15. The molecule has 0 aromatic carbocycles. The van der Waals surface area contributed by atoms with Gasteiger partial charge >= 0.3 is 5.97 Å². The molecule has 1 amide bonds. The first-order chi connectivity index (χ1) is 9.02. The lowest BCUT2D eigenvalue weighted by Gasteiger charge is -2.27. The molecule has 108 valence electrons. The van der Waals surface area contributed by atoms with Gasteiger partial charge in [0.15, 0.2) is 0 Å². The van der Waals surface area contributed by atoms with Gasteiger partial charge in [-0.2, -0.15) is 0 Å². The maximum atomic E-state index is 12.0. The van der Waals surface area contributed by atoms with Crippen LogP contribution in [0.5, 0.6) is 0 Å². The quantitative estimate of drug-likeness (QED) is 0.668. The molecule has 3 N–H and O–H groups in total. The van der Waals surface area contributed by atoms with Gasteiger partial charge in [-0.25, -0.2) is 0 Å². The highest BCUT2D eigenvalue weighted by Gasteiger charge is 2.47. The van der Waals surface area contributed by atoms with Crippen LogP contribution in [-0.2, 0) is 14.3 Å². The second kappa shape index (κ2) is 5.88. The van der Waals surface area contributed by atoms with Crippen LogP contribution >= 0.6 is 0 Å². The van der Waals surface area contributed by atoms with Crippen molar-refractivity contribution in [2.45, 2.75) is 32.2 Å². The van der Waals surface area contributed by atoms with Gasteiger partial charge in [-0.1, -0.05) is 0 Å². The van der Waals surface area contributed by atoms with Crippen molar-refractivity contribution in [3.05, 3.63) is 0 Å². The fourth-order valence-electron chi connectivity index (χ4n) is 2.70. The maximum Gasteiger partial charge on any atom is 0.313 e. The molecule has 3 unspecified atom stereocenters. The Morgan fingerprint density at radius 2 is 2.32 bits per heavy atom. The summed E-state index contributed by atoms with van der Waals surface area (Å²) in [7, 11) is 0. The number of hydrogen-bond acceptors (Lipinski definition) is 4. The number of nitrogens with one attached hydrogen (secondary N) is 2. The van der Waals surface area contributed by atoms with Gasteiger partial charge in [0.25, 0.3) is 0 Å². The van der Waals surface area contributed by atoms with Crippen molar-refractivity contribution in [2.75, 3.05) is 26.3 Å². The molecular formula is C13H22N2O4. The molecule has 0 radical (unpaired) electrons. The molecule has 0 aromatic rings. The van der Waals surface area contributed by atoms with Crippen molar-refractivity contribution in [3.63, 3.8) is 0 Å². The van der Waals surface area contributed by atoms with E-state index >= 15 is 0 Å². The van der Waals surface area contributed by atoms with E-state index in [0.717, 1.165) is 25.9 Å². The van der Waals surface area contributed by atoms with Gasteiger partial charge in [0.2, 0.25) is 5.91 Å². The zero-order valence-corrected chi connectivity index (χ0v) is 11.3. The summed E-state index contributed by atoms with van der Waals surface area (Å²) in [5.74, 6) is -0.640. The number of aliphatic carboxylic acids is 1. The Hall–Kier alpha value is -1.14. The molecule has 6 nitrogen and oxygen atoms in total. The van der Waals surface area contributed by atoms with E-state index in [9.17, 15) is 14.7 Å². The molecule has 3 atom stereocenters. The fraction of sp³-hybridized carbons (Fsp3) is 0.846. The number of carboxylic acids is 1. The molecule has 2 aliphatic rings. The predicted molar refractivity (Wildman–Crippen MR) is 68.7 cm³/mol. The van der Waals surface area contributed by atoms with Crippen LogP contribution in [0.1, 0.15) is 26.2 Å². The largest absolute Gasteiger partial charge is 0.481 e. The predicted octanol–water partition coefficient (Wildman–Crippen LogP) is -0.0180. The van der Waals surface area contributed by atoms with Crippen molar-refractivity contribution >= 4 is 11.9 Å². The van der Waals surface area contributed by atoms with Crippen molar-refractivity contribution in [1.82, 2.24) is 10.6 Å². The summed E-state index contributed by atoms with van der Waals surface area (Å²) in [5.41, 5.74) is -1.01. The number of amides is 1. The van der Waals surface area contributed by atoms with Crippen molar-refractivity contribution in [1.29, 1.82) is 0 Å². The lowest BCUT2D eigenvalue weighted by molar-refractivity contribution is -0.149. The van der Waals surface area contributed by atoms with E-state index in [0.29, 0.717) is 12.3 Å². The highest BCUT2D eigenvalue weighted by Crippen LogP contribution is 2.29. The second-order valence-corrected chi connectivity index (χ2v) is 5.77. The number of ether oxygens (including phenoxy) is 1. The normalized spacial score (nSPS) is 35.0. The van der Waals surface area contributed by atoms with Crippen LogP contribution in [0.15, 0.2) is 0 Å². The average molecular weight is 270 g/mol. The first-order valence-corrected chi connectivity index (χ1v) is 6.83. The highest BCUT2D eigenvalue weighted by molar-refractivity contribution is 5.80.